The van der Waals surface area contributed by atoms with E-state index in [-0.39, 0.29) is 18.1 Å². The van der Waals surface area contributed by atoms with Crippen LogP contribution >= 0.6 is 11.6 Å². The summed E-state index contributed by atoms with van der Waals surface area (Å²) in [6, 6.07) is 13.3. The topological polar surface area (TPSA) is 75.6 Å². The molecule has 0 saturated carbocycles. The van der Waals surface area contributed by atoms with Crippen LogP contribution in [0.3, 0.4) is 0 Å². The lowest BCUT2D eigenvalue weighted by molar-refractivity contribution is -0.137. The van der Waals surface area contributed by atoms with E-state index in [4.69, 9.17) is 16.3 Å². The van der Waals surface area contributed by atoms with Gasteiger partial charge in [0.2, 0.25) is 10.0 Å². The van der Waals surface area contributed by atoms with Gasteiger partial charge in [0, 0.05) is 31.7 Å². The molecule has 34 heavy (non-hydrogen) atoms. The minimum atomic E-state index is -4.68. The van der Waals surface area contributed by atoms with E-state index >= 15 is 0 Å². The number of hydrogen-bond donors (Lipinski definition) is 0. The number of rotatable bonds is 5. The smallest absolute Gasteiger partial charge is 0.416 e. The number of nitrogens with zero attached hydrogens (tertiary/aromatic N) is 4. The van der Waals surface area contributed by atoms with Crippen molar-refractivity contribution in [3.63, 3.8) is 0 Å². The van der Waals surface area contributed by atoms with E-state index in [0.717, 1.165) is 22.0 Å². The fourth-order valence-electron chi connectivity index (χ4n) is 3.60. The zero-order chi connectivity index (χ0) is 24.5. The highest BCUT2D eigenvalue weighted by molar-refractivity contribution is 7.89. The van der Waals surface area contributed by atoms with Crippen LogP contribution in [0.15, 0.2) is 59.5 Å². The second-order valence-corrected chi connectivity index (χ2v) is 9.86. The van der Waals surface area contributed by atoms with Crippen LogP contribution in [0.4, 0.5) is 19.0 Å². The minimum absolute atomic E-state index is 0.0637. The van der Waals surface area contributed by atoms with Gasteiger partial charge in [0.15, 0.2) is 5.82 Å². The van der Waals surface area contributed by atoms with Crippen molar-refractivity contribution >= 4 is 27.4 Å². The lowest BCUT2D eigenvalue weighted by atomic mass is 10.1. The summed E-state index contributed by atoms with van der Waals surface area (Å²) in [4.78, 5) is 1.31. The molecule has 1 saturated heterocycles. The van der Waals surface area contributed by atoms with Crippen molar-refractivity contribution < 1.29 is 26.3 Å². The summed E-state index contributed by atoms with van der Waals surface area (Å²) in [5.74, 6) is 1.27. The Hall–Kier alpha value is -2.89. The van der Waals surface area contributed by atoms with Gasteiger partial charge in [-0.2, -0.15) is 17.5 Å². The minimum Gasteiger partial charge on any atom is -0.497 e. The fourth-order valence-corrected chi connectivity index (χ4v) is 5.53. The Morgan fingerprint density at radius 1 is 0.971 bits per heavy atom. The highest BCUT2D eigenvalue weighted by Gasteiger charge is 2.35. The predicted molar refractivity (Wildman–Crippen MR) is 121 cm³/mol. The summed E-state index contributed by atoms with van der Waals surface area (Å²) in [6.45, 7) is 0.717. The number of hydrogen-bond acceptors (Lipinski definition) is 6. The van der Waals surface area contributed by atoms with E-state index in [0.29, 0.717) is 36.4 Å². The van der Waals surface area contributed by atoms with Gasteiger partial charge in [-0.3, -0.25) is 0 Å². The maximum atomic E-state index is 13.1. The molecule has 4 rings (SSSR count). The number of aromatic nitrogens is 2. The summed E-state index contributed by atoms with van der Waals surface area (Å²) in [7, 11) is -2.63. The lowest BCUT2D eigenvalue weighted by Gasteiger charge is -2.34. The maximum Gasteiger partial charge on any atom is 0.416 e. The van der Waals surface area contributed by atoms with E-state index in [1.54, 1.807) is 13.2 Å². The fraction of sp³-hybridized carbons (Fsp3) is 0.273. The summed E-state index contributed by atoms with van der Waals surface area (Å²) in [6.07, 6.45) is -4.68. The normalized spacial score (nSPS) is 15.4. The quantitative estimate of drug-likeness (QED) is 0.506. The molecular weight excluding hydrogens is 493 g/mol. The number of anilines is 1. The van der Waals surface area contributed by atoms with Gasteiger partial charge in [0.25, 0.3) is 0 Å². The lowest BCUT2D eigenvalue weighted by Crippen LogP contribution is -2.49. The third-order valence-corrected chi connectivity index (χ3v) is 7.84. The first kappa shape index (κ1) is 24.2. The van der Waals surface area contributed by atoms with Crippen LogP contribution < -0.4 is 9.64 Å². The van der Waals surface area contributed by atoms with Gasteiger partial charge in [-0.05, 0) is 42.5 Å². The van der Waals surface area contributed by atoms with Crippen molar-refractivity contribution in [2.75, 3.05) is 38.2 Å². The van der Waals surface area contributed by atoms with Gasteiger partial charge < -0.3 is 9.64 Å². The van der Waals surface area contributed by atoms with Crippen LogP contribution in [0.2, 0.25) is 5.02 Å². The van der Waals surface area contributed by atoms with Crippen molar-refractivity contribution in [2.45, 2.75) is 11.1 Å². The van der Waals surface area contributed by atoms with E-state index in [1.165, 1.54) is 0 Å². The largest absolute Gasteiger partial charge is 0.497 e. The number of alkyl halides is 3. The van der Waals surface area contributed by atoms with Gasteiger partial charge in [0.1, 0.15) is 10.6 Å². The Labute approximate surface area is 199 Å². The second-order valence-electron chi connectivity index (χ2n) is 7.54. The number of benzene rings is 2. The van der Waals surface area contributed by atoms with Gasteiger partial charge >= 0.3 is 6.18 Å². The molecule has 12 heteroatoms. The van der Waals surface area contributed by atoms with Gasteiger partial charge in [-0.25, -0.2) is 8.42 Å². The van der Waals surface area contributed by atoms with Crippen LogP contribution in [-0.2, 0) is 16.2 Å². The first-order chi connectivity index (χ1) is 16.1. The first-order valence-corrected chi connectivity index (χ1v) is 12.0. The number of sulfonamides is 1. The number of halogens is 4. The molecule has 2 heterocycles. The van der Waals surface area contributed by atoms with Gasteiger partial charge in [0.05, 0.1) is 23.4 Å². The number of methoxy groups -OCH3 is 1. The summed E-state index contributed by atoms with van der Waals surface area (Å²) >= 11 is 5.95. The van der Waals surface area contributed by atoms with Crippen molar-refractivity contribution in [2.24, 2.45) is 0 Å². The molecule has 0 N–H and O–H groups in total. The van der Waals surface area contributed by atoms with Crippen molar-refractivity contribution in [1.82, 2.24) is 14.5 Å². The standard InChI is InChI=1S/C22H20ClF3N4O3S/c1-33-17-4-2-3-15(13-17)19-7-8-21(28-27-19)29-9-11-30(12-10-29)34(31,32)20-14-16(22(24,25)26)5-6-18(20)23/h2-8,13-14H,9-12H2,1H3. The highest BCUT2D eigenvalue weighted by atomic mass is 35.5. The predicted octanol–water partition coefficient (Wildman–Crippen LogP) is 4.34. The van der Waals surface area contributed by atoms with Crippen molar-refractivity contribution in [1.29, 1.82) is 0 Å². The van der Waals surface area contributed by atoms with E-state index in [9.17, 15) is 21.6 Å². The van der Waals surface area contributed by atoms with Crippen LogP contribution in [0, 0.1) is 0 Å². The van der Waals surface area contributed by atoms with Gasteiger partial charge in [-0.15, -0.1) is 10.2 Å². The Kier molecular flexibility index (Phi) is 6.70. The van der Waals surface area contributed by atoms with Crippen LogP contribution in [0.25, 0.3) is 11.3 Å². The molecule has 1 aliphatic heterocycles. The van der Waals surface area contributed by atoms with Crippen molar-refractivity contribution in [3.8, 4) is 17.0 Å². The average molecular weight is 513 g/mol. The molecule has 0 amide bonds. The summed E-state index contributed by atoms with van der Waals surface area (Å²) < 4.78 is 71.6. The molecular formula is C22H20ClF3N4O3S. The third kappa shape index (κ3) is 4.96. The second kappa shape index (κ2) is 9.40. The molecule has 7 nitrogen and oxygen atoms in total. The zero-order valence-corrected chi connectivity index (χ0v) is 19.5. The van der Waals surface area contributed by atoms with Gasteiger partial charge in [-0.1, -0.05) is 23.7 Å². The molecule has 0 unspecified atom stereocenters. The molecule has 0 bridgehead atoms. The monoisotopic (exact) mass is 512 g/mol. The first-order valence-electron chi connectivity index (χ1n) is 10.2. The van der Waals surface area contributed by atoms with E-state index in [2.05, 4.69) is 10.2 Å². The maximum absolute atomic E-state index is 13.1. The SMILES string of the molecule is COc1cccc(-c2ccc(N3CCN(S(=O)(=O)c4cc(C(F)(F)F)ccc4Cl)CC3)nn2)c1. The van der Waals surface area contributed by atoms with E-state index in [1.807, 2.05) is 35.2 Å². The highest BCUT2D eigenvalue weighted by Crippen LogP contribution is 2.34. The van der Waals surface area contributed by atoms with Crippen LogP contribution in [-0.4, -0.2) is 56.2 Å². The molecule has 1 aliphatic rings. The molecule has 0 aliphatic carbocycles. The van der Waals surface area contributed by atoms with Crippen molar-refractivity contribution in [3.05, 3.63) is 65.2 Å². The molecule has 1 fully saturated rings. The molecule has 1 aromatic heterocycles. The Morgan fingerprint density at radius 3 is 2.32 bits per heavy atom. The molecule has 0 radical (unpaired) electrons. The van der Waals surface area contributed by atoms with Crippen LogP contribution in [0.1, 0.15) is 5.56 Å². The summed E-state index contributed by atoms with van der Waals surface area (Å²) in [5, 5.41) is 8.25. The molecule has 3 aromatic rings. The summed E-state index contributed by atoms with van der Waals surface area (Å²) in [5.41, 5.74) is 0.427. The molecule has 180 valence electrons. The Morgan fingerprint density at radius 2 is 1.71 bits per heavy atom. The molecule has 2 aromatic carbocycles. The average Bonchev–Trinajstić information content (AvgIpc) is 2.83. The number of piperazine rings is 1. The van der Waals surface area contributed by atoms with E-state index < -0.39 is 26.7 Å². The van der Waals surface area contributed by atoms with Crippen LogP contribution in [0.5, 0.6) is 5.75 Å². The molecule has 0 spiro atoms. The number of ether oxygens (including phenoxy) is 1. The zero-order valence-electron chi connectivity index (χ0n) is 18.0. The molecule has 0 atom stereocenters. The Balaban J connectivity index is 1.47. The Bertz CT molecular complexity index is 1280. The third-order valence-electron chi connectivity index (χ3n) is 5.45.